The molecule has 180 valence electrons. The van der Waals surface area contributed by atoms with Gasteiger partial charge in [0, 0.05) is 23.5 Å². The van der Waals surface area contributed by atoms with Crippen molar-refractivity contribution in [2.75, 3.05) is 13.1 Å². The van der Waals surface area contributed by atoms with E-state index in [1.54, 1.807) is 0 Å². The standard InChI is InChI=1S/C29H41ClN2O/c1-6-9-11-14-26(8-3)29(5,24(4)13-10-7-2)27(22-32-23-33)15-12-20-31-21-25-16-18-28(30)19-17-25/h6-10,13-14,16-19,23,27,31H,3,11-12,15,20-22H2,1-2,4-5H3,(H,32,33)/b9-6-,10-7-,24-13+,26-14+/t27-,29?/m0/s1. The van der Waals surface area contributed by atoms with E-state index in [1.807, 2.05) is 50.3 Å². The van der Waals surface area contributed by atoms with Gasteiger partial charge in [0.15, 0.2) is 0 Å². The van der Waals surface area contributed by atoms with E-state index in [-0.39, 0.29) is 11.3 Å². The van der Waals surface area contributed by atoms with Crippen LogP contribution in [0.15, 0.2) is 84.5 Å². The third-order valence-corrected chi connectivity index (χ3v) is 6.55. The van der Waals surface area contributed by atoms with Crippen molar-refractivity contribution < 1.29 is 4.79 Å². The van der Waals surface area contributed by atoms with Gasteiger partial charge >= 0.3 is 0 Å². The number of allylic oxidation sites excluding steroid dienone is 9. The van der Waals surface area contributed by atoms with E-state index in [0.29, 0.717) is 6.54 Å². The quantitative estimate of drug-likeness (QED) is 0.117. The Kier molecular flexibility index (Phi) is 14.1. The number of rotatable bonds is 16. The molecular formula is C29H41ClN2O. The van der Waals surface area contributed by atoms with Crippen LogP contribution in [0.3, 0.4) is 0 Å². The molecule has 0 bridgehead atoms. The maximum absolute atomic E-state index is 11.2. The number of hydrogen-bond acceptors (Lipinski definition) is 2. The molecule has 0 aliphatic carbocycles. The van der Waals surface area contributed by atoms with Crippen LogP contribution in [-0.2, 0) is 11.3 Å². The monoisotopic (exact) mass is 468 g/mol. The Morgan fingerprint density at radius 1 is 1.21 bits per heavy atom. The first-order valence-electron chi connectivity index (χ1n) is 11.8. The summed E-state index contributed by atoms with van der Waals surface area (Å²) in [6.45, 7) is 15.0. The number of hydrogen-bond donors (Lipinski definition) is 2. The number of carbonyl (C=O) groups is 1. The van der Waals surface area contributed by atoms with Crippen LogP contribution in [0, 0.1) is 11.3 Å². The molecule has 1 amide bonds. The molecule has 2 atom stereocenters. The second kappa shape index (κ2) is 16.3. The van der Waals surface area contributed by atoms with E-state index in [0.717, 1.165) is 43.8 Å². The summed E-state index contributed by atoms with van der Waals surface area (Å²) in [5, 5.41) is 7.23. The van der Waals surface area contributed by atoms with Crippen LogP contribution in [0.1, 0.15) is 52.5 Å². The van der Waals surface area contributed by atoms with Crippen LogP contribution in [0.2, 0.25) is 5.02 Å². The number of carbonyl (C=O) groups excluding carboxylic acids is 1. The second-order valence-electron chi connectivity index (χ2n) is 8.41. The molecule has 4 heteroatoms. The van der Waals surface area contributed by atoms with Gasteiger partial charge < -0.3 is 10.6 Å². The molecule has 0 spiro atoms. The molecule has 0 aliphatic rings. The number of nitrogens with one attached hydrogen (secondary N) is 2. The molecule has 0 aromatic heterocycles. The van der Waals surface area contributed by atoms with Crippen LogP contribution in [-0.4, -0.2) is 19.5 Å². The Balaban J connectivity index is 3.04. The summed E-state index contributed by atoms with van der Waals surface area (Å²) in [7, 11) is 0. The molecule has 2 N–H and O–H groups in total. The fraction of sp³-hybridized carbons (Fsp3) is 0.414. The van der Waals surface area contributed by atoms with Crippen molar-refractivity contribution >= 4 is 18.0 Å². The van der Waals surface area contributed by atoms with Crippen molar-refractivity contribution in [1.82, 2.24) is 10.6 Å². The summed E-state index contributed by atoms with van der Waals surface area (Å²) in [6, 6.07) is 7.93. The Morgan fingerprint density at radius 2 is 1.94 bits per heavy atom. The molecule has 1 aromatic rings. The zero-order chi connectivity index (χ0) is 24.5. The van der Waals surface area contributed by atoms with Crippen molar-refractivity contribution in [2.24, 2.45) is 11.3 Å². The van der Waals surface area contributed by atoms with Crippen LogP contribution in [0.25, 0.3) is 0 Å². The molecule has 1 aromatic carbocycles. The van der Waals surface area contributed by atoms with Gasteiger partial charge in [-0.2, -0.15) is 0 Å². The largest absolute Gasteiger partial charge is 0.358 e. The van der Waals surface area contributed by atoms with Crippen molar-refractivity contribution in [2.45, 2.75) is 53.5 Å². The Morgan fingerprint density at radius 3 is 2.55 bits per heavy atom. The molecule has 3 nitrogen and oxygen atoms in total. The molecule has 0 radical (unpaired) electrons. The number of benzene rings is 1. The summed E-state index contributed by atoms with van der Waals surface area (Å²) < 4.78 is 0. The van der Waals surface area contributed by atoms with Gasteiger partial charge in [-0.05, 0) is 75.8 Å². The highest BCUT2D eigenvalue weighted by Gasteiger charge is 2.37. The predicted molar refractivity (Wildman–Crippen MR) is 144 cm³/mol. The molecule has 33 heavy (non-hydrogen) atoms. The fourth-order valence-corrected chi connectivity index (χ4v) is 4.26. The highest BCUT2D eigenvalue weighted by atomic mass is 35.5. The van der Waals surface area contributed by atoms with Gasteiger partial charge in [-0.3, -0.25) is 4.79 Å². The molecule has 0 saturated heterocycles. The van der Waals surface area contributed by atoms with Crippen LogP contribution < -0.4 is 10.6 Å². The predicted octanol–water partition coefficient (Wildman–Crippen LogP) is 7.18. The van der Waals surface area contributed by atoms with Crippen LogP contribution >= 0.6 is 11.6 Å². The molecule has 1 unspecified atom stereocenters. The highest BCUT2D eigenvalue weighted by molar-refractivity contribution is 6.30. The Bertz CT molecular complexity index is 836. The van der Waals surface area contributed by atoms with Gasteiger partial charge in [0.25, 0.3) is 0 Å². The van der Waals surface area contributed by atoms with Crippen molar-refractivity contribution in [1.29, 1.82) is 0 Å². The zero-order valence-electron chi connectivity index (χ0n) is 20.7. The lowest BCUT2D eigenvalue weighted by Crippen LogP contribution is -2.38. The lowest BCUT2D eigenvalue weighted by molar-refractivity contribution is -0.109. The number of amides is 1. The summed E-state index contributed by atoms with van der Waals surface area (Å²) >= 11 is 5.97. The number of halogens is 1. The van der Waals surface area contributed by atoms with E-state index in [9.17, 15) is 4.79 Å². The third kappa shape index (κ3) is 9.57. The van der Waals surface area contributed by atoms with E-state index in [2.05, 4.69) is 61.4 Å². The van der Waals surface area contributed by atoms with Gasteiger partial charge in [-0.25, -0.2) is 0 Å². The average Bonchev–Trinajstić information content (AvgIpc) is 2.82. The first-order chi connectivity index (χ1) is 15.9. The third-order valence-electron chi connectivity index (χ3n) is 6.30. The second-order valence-corrected chi connectivity index (χ2v) is 8.85. The maximum Gasteiger partial charge on any atom is 0.207 e. The normalized spacial score (nSPS) is 15.5. The lowest BCUT2D eigenvalue weighted by atomic mass is 9.64. The topological polar surface area (TPSA) is 41.1 Å². The zero-order valence-corrected chi connectivity index (χ0v) is 21.5. The van der Waals surface area contributed by atoms with E-state index >= 15 is 0 Å². The maximum atomic E-state index is 11.2. The molecular weight excluding hydrogens is 428 g/mol. The summed E-state index contributed by atoms with van der Waals surface area (Å²) in [6.07, 6.45) is 18.4. The van der Waals surface area contributed by atoms with Gasteiger partial charge in [0.1, 0.15) is 0 Å². The summed E-state index contributed by atoms with van der Waals surface area (Å²) in [4.78, 5) is 11.2. The van der Waals surface area contributed by atoms with E-state index < -0.39 is 0 Å². The SMILES string of the molecule is C=C/C(=C\C/C=C\C)C(C)(/C(C)=C/C=C\C)[C@@H](CCCNCc1ccc(Cl)cc1)CNC=O. The first kappa shape index (κ1) is 28.7. The smallest absolute Gasteiger partial charge is 0.207 e. The van der Waals surface area contributed by atoms with Crippen molar-refractivity contribution in [3.05, 3.63) is 95.1 Å². The van der Waals surface area contributed by atoms with E-state index in [4.69, 9.17) is 11.6 Å². The van der Waals surface area contributed by atoms with Gasteiger partial charge in [-0.15, -0.1) is 0 Å². The molecule has 0 heterocycles. The van der Waals surface area contributed by atoms with Crippen LogP contribution in [0.4, 0.5) is 0 Å². The minimum absolute atomic E-state index is 0.233. The lowest BCUT2D eigenvalue weighted by Gasteiger charge is -2.40. The van der Waals surface area contributed by atoms with Gasteiger partial charge in [0.2, 0.25) is 6.41 Å². The van der Waals surface area contributed by atoms with Crippen LogP contribution in [0.5, 0.6) is 0 Å². The van der Waals surface area contributed by atoms with Crippen molar-refractivity contribution in [3.8, 4) is 0 Å². The Hall–Kier alpha value is -2.36. The molecule has 0 saturated carbocycles. The average molecular weight is 469 g/mol. The van der Waals surface area contributed by atoms with Crippen molar-refractivity contribution in [3.63, 3.8) is 0 Å². The first-order valence-corrected chi connectivity index (χ1v) is 12.2. The minimum atomic E-state index is -0.241. The summed E-state index contributed by atoms with van der Waals surface area (Å²) in [5.41, 5.74) is 3.44. The molecule has 0 fully saturated rings. The highest BCUT2D eigenvalue weighted by Crippen LogP contribution is 2.45. The summed E-state index contributed by atoms with van der Waals surface area (Å²) in [5.74, 6) is 0.233. The molecule has 0 aliphatic heterocycles. The Labute approximate surface area is 206 Å². The van der Waals surface area contributed by atoms with Gasteiger partial charge in [0.05, 0.1) is 0 Å². The van der Waals surface area contributed by atoms with Gasteiger partial charge in [-0.1, -0.05) is 85.3 Å². The van der Waals surface area contributed by atoms with E-state index in [1.165, 1.54) is 16.7 Å². The fourth-order valence-electron chi connectivity index (χ4n) is 4.13. The minimum Gasteiger partial charge on any atom is -0.358 e. The molecule has 1 rings (SSSR count).